The Kier molecular flexibility index (Phi) is 21.5. The van der Waals surface area contributed by atoms with E-state index in [9.17, 15) is 63.3 Å². The number of guanidine groups is 1. The number of nitrogens with two attached hydrogens (primary N) is 3. The Morgan fingerprint density at radius 2 is 1.26 bits per heavy atom. The molecule has 0 saturated carbocycles. The van der Waals surface area contributed by atoms with Crippen LogP contribution in [0.3, 0.4) is 0 Å². The van der Waals surface area contributed by atoms with Crippen molar-refractivity contribution < 1.29 is 58.5 Å². The smallest absolute Gasteiger partial charge is 0.305 e. The second kappa shape index (κ2) is 26.9. The Hall–Kier alpha value is -8.11. The second-order valence-electron chi connectivity index (χ2n) is 15.5. The fourth-order valence-corrected chi connectivity index (χ4v) is 6.20. The summed E-state index contributed by atoms with van der Waals surface area (Å²) in [7, 11) is 0. The number of rotatable bonds is 28. The molecule has 374 valence electrons. The summed E-state index contributed by atoms with van der Waals surface area (Å²) < 4.78 is 0. The summed E-state index contributed by atoms with van der Waals surface area (Å²) in [6.45, 7) is 3.26. The Morgan fingerprint density at radius 1 is 0.725 bits per heavy atom. The highest BCUT2D eigenvalue weighted by atomic mass is 32.1. The lowest BCUT2D eigenvalue weighted by Gasteiger charge is -2.26. The molecule has 29 heteroatoms. The maximum absolute atomic E-state index is 13.6. The Labute approximate surface area is 397 Å². The minimum Gasteiger partial charge on any atom is -0.481 e. The number of nitrogen functional groups attached to an aromatic ring is 1. The van der Waals surface area contributed by atoms with Crippen LogP contribution in [0.15, 0.2) is 40.2 Å². The fraction of sp³-hybridized carbons (Fsp3) is 0.450. The maximum Gasteiger partial charge on any atom is 0.305 e. The van der Waals surface area contributed by atoms with Gasteiger partial charge in [-0.3, -0.25) is 57.9 Å². The molecule has 6 amide bonds. The van der Waals surface area contributed by atoms with Crippen molar-refractivity contribution in [2.24, 2.45) is 16.5 Å². The van der Waals surface area contributed by atoms with E-state index in [1.54, 1.807) is 26.0 Å². The van der Waals surface area contributed by atoms with Crippen molar-refractivity contribution in [3.05, 3.63) is 52.1 Å². The predicted octanol–water partition coefficient (Wildman–Crippen LogP) is -3.34. The number of carbonyl (C=O) groups excluding carboxylic acids is 6. The number of carboxylic acid groups (broad SMARTS) is 3. The summed E-state index contributed by atoms with van der Waals surface area (Å²) in [4.78, 5) is 145. The van der Waals surface area contributed by atoms with Gasteiger partial charge in [-0.15, -0.1) is 0 Å². The normalized spacial score (nSPS) is 13.4. The van der Waals surface area contributed by atoms with Crippen molar-refractivity contribution in [3.8, 4) is 0 Å². The molecule has 3 rings (SSSR count). The van der Waals surface area contributed by atoms with Crippen LogP contribution in [0.4, 0.5) is 11.6 Å². The summed E-state index contributed by atoms with van der Waals surface area (Å²) in [6.07, 6.45) is -2.05. The lowest BCUT2D eigenvalue weighted by atomic mass is 10.1. The van der Waals surface area contributed by atoms with Crippen LogP contribution in [-0.2, 0) is 44.9 Å². The minimum absolute atomic E-state index is 0.00223. The average Bonchev–Trinajstić information content (AvgIpc) is 3.27. The van der Waals surface area contributed by atoms with Gasteiger partial charge in [0, 0.05) is 42.1 Å². The molecule has 69 heavy (non-hydrogen) atoms. The molecule has 0 aliphatic carbocycles. The summed E-state index contributed by atoms with van der Waals surface area (Å²) in [5.74, 6) is -10.7. The number of hydrogen-bond acceptors (Lipinski definition) is 17. The first-order valence-corrected chi connectivity index (χ1v) is 21.7. The number of fused-ring (bicyclic) bond motifs is 1. The number of nitrogens with zero attached hydrogens (tertiary/aromatic N) is 4. The molecule has 2 aromatic heterocycles. The largest absolute Gasteiger partial charge is 0.481 e. The minimum atomic E-state index is -1.93. The first kappa shape index (κ1) is 55.2. The number of aromatic nitrogens is 4. The lowest BCUT2D eigenvalue weighted by Crippen LogP contribution is -2.59. The first-order chi connectivity index (χ1) is 32.5. The third-order valence-electron chi connectivity index (χ3n) is 9.58. The molecule has 3 aromatic rings. The average molecular weight is 986 g/mol. The Bertz CT molecular complexity index is 2450. The van der Waals surface area contributed by atoms with Gasteiger partial charge in [-0.1, -0.05) is 0 Å². The zero-order valence-corrected chi connectivity index (χ0v) is 38.2. The van der Waals surface area contributed by atoms with E-state index < -0.39 is 114 Å². The van der Waals surface area contributed by atoms with E-state index >= 15 is 0 Å². The van der Waals surface area contributed by atoms with Gasteiger partial charge in [0.2, 0.25) is 35.5 Å². The highest BCUT2D eigenvalue weighted by Crippen LogP contribution is 2.13. The molecule has 2 heterocycles. The molecule has 0 saturated heterocycles. The quantitative estimate of drug-likeness (QED) is 0.0146. The van der Waals surface area contributed by atoms with Crippen LogP contribution in [0, 0.1) is 0 Å². The van der Waals surface area contributed by atoms with Gasteiger partial charge >= 0.3 is 17.9 Å². The number of carbonyl (C=O) groups is 9. The molecular formula is C40H55N15O13S. The van der Waals surface area contributed by atoms with E-state index in [1.165, 1.54) is 18.3 Å². The van der Waals surface area contributed by atoms with Gasteiger partial charge in [-0.25, -0.2) is 9.97 Å². The Morgan fingerprint density at radius 3 is 1.81 bits per heavy atom. The molecule has 1 aromatic carbocycles. The van der Waals surface area contributed by atoms with E-state index in [0.29, 0.717) is 11.4 Å². The number of thiol groups is 1. The molecule has 6 atom stereocenters. The van der Waals surface area contributed by atoms with Crippen molar-refractivity contribution in [2.75, 3.05) is 23.3 Å². The zero-order valence-electron chi connectivity index (χ0n) is 37.3. The molecule has 17 N–H and O–H groups in total. The van der Waals surface area contributed by atoms with E-state index in [1.807, 2.05) is 0 Å². The molecule has 0 fully saturated rings. The number of amides is 6. The van der Waals surface area contributed by atoms with Crippen molar-refractivity contribution in [2.45, 2.75) is 102 Å². The van der Waals surface area contributed by atoms with Crippen molar-refractivity contribution in [1.29, 1.82) is 0 Å². The van der Waals surface area contributed by atoms with Gasteiger partial charge in [0.25, 0.3) is 11.5 Å². The molecule has 0 bridgehead atoms. The van der Waals surface area contributed by atoms with Crippen molar-refractivity contribution in [1.82, 2.24) is 51.8 Å². The van der Waals surface area contributed by atoms with Crippen LogP contribution in [0.1, 0.15) is 74.8 Å². The van der Waals surface area contributed by atoms with Crippen molar-refractivity contribution >= 4 is 94.7 Å². The first-order valence-electron chi connectivity index (χ1n) is 21.0. The number of aliphatic carboxylic acids is 3. The summed E-state index contributed by atoms with van der Waals surface area (Å²) in [5, 5.41) is 45.7. The Balaban J connectivity index is 1.64. The van der Waals surface area contributed by atoms with Crippen LogP contribution in [-0.4, -0.2) is 143 Å². The monoisotopic (exact) mass is 985 g/mol. The second-order valence-corrected chi connectivity index (χ2v) is 15.8. The third kappa shape index (κ3) is 19.3. The molecular weight excluding hydrogens is 931 g/mol. The number of aliphatic imine (C=N–C) groups is 1. The number of benzene rings is 1. The third-order valence-corrected chi connectivity index (χ3v) is 10.1. The van der Waals surface area contributed by atoms with E-state index in [0.717, 1.165) is 0 Å². The lowest BCUT2D eigenvalue weighted by molar-refractivity contribution is -0.143. The molecule has 0 aliphatic heterocycles. The van der Waals surface area contributed by atoms with E-state index in [-0.39, 0.29) is 73.2 Å². The number of carboxylic acids is 3. The van der Waals surface area contributed by atoms with Crippen LogP contribution in [0.2, 0.25) is 0 Å². The SMILES string of the molecule is C[C@H](CCC(=O)N[C@@H](CC(=O)O)C(=O)N[C@@H](CCCN=C(N)N)C(=O)N[C@@H](CC(=O)O)C(=O)N[C@@H](CC(=O)O)C(=O)N[C@H](C)CS)NC(=O)c1ccc(NCc2cnc3nc(N)[nH]c(=O)c3n2)cc1. The molecule has 0 aliphatic rings. The number of anilines is 2. The van der Waals surface area contributed by atoms with Gasteiger partial charge in [0.05, 0.1) is 37.7 Å². The standard InChI is InChI=1S/C40H55N15O13S/c1-18(47-33(63)20-6-8-21(9-7-20)45-15-22-16-46-32-31(49-22)38(68)55-40(43)54-32)5-10-27(56)50-24(12-28(57)58)36(66)51-23(4-3-11-44-39(41)42)34(64)52-26(14-30(61)62)37(67)53-25(13-29(59)60)35(65)48-19(2)17-69/h6-9,16,18-19,23-26,45,69H,3-5,10-15,17H2,1-2H3,(H,47,63)(H,48,65)(H,50,56)(H,51,66)(H,52,64)(H,53,67)(H,57,58)(H,59,60)(H,61,62)(H4,41,42,44)(H3,43,46,54,55,68)/t18-,19-,23+,24+,25+,26+/m1/s1. The summed E-state index contributed by atoms with van der Waals surface area (Å²) in [5.41, 5.74) is 17.2. The zero-order chi connectivity index (χ0) is 51.4. The van der Waals surface area contributed by atoms with Gasteiger partial charge < -0.3 is 69.7 Å². The maximum atomic E-state index is 13.6. The number of hydrogen-bond donors (Lipinski definition) is 15. The summed E-state index contributed by atoms with van der Waals surface area (Å²) in [6, 6.07) is -1.85. The highest BCUT2D eigenvalue weighted by Gasteiger charge is 2.34. The van der Waals surface area contributed by atoms with Gasteiger partial charge in [0.1, 0.15) is 24.2 Å². The van der Waals surface area contributed by atoms with Gasteiger partial charge in [-0.05, 0) is 57.4 Å². The molecule has 0 unspecified atom stereocenters. The van der Waals surface area contributed by atoms with Crippen LogP contribution in [0.5, 0.6) is 0 Å². The predicted molar refractivity (Wildman–Crippen MR) is 248 cm³/mol. The highest BCUT2D eigenvalue weighted by molar-refractivity contribution is 7.80. The van der Waals surface area contributed by atoms with Gasteiger partial charge in [-0.2, -0.15) is 17.6 Å². The van der Waals surface area contributed by atoms with Crippen LogP contribution >= 0.6 is 12.6 Å². The van der Waals surface area contributed by atoms with E-state index in [4.69, 9.17) is 17.2 Å². The molecule has 28 nitrogen and oxygen atoms in total. The van der Waals surface area contributed by atoms with Crippen LogP contribution in [0.25, 0.3) is 11.2 Å². The van der Waals surface area contributed by atoms with E-state index in [2.05, 4.69) is 74.8 Å². The number of aromatic amines is 1. The van der Waals surface area contributed by atoms with Crippen molar-refractivity contribution in [3.63, 3.8) is 0 Å². The topological polar surface area (TPSA) is 460 Å². The molecule has 0 spiro atoms. The fourth-order valence-electron chi connectivity index (χ4n) is 6.11. The number of H-pyrrole nitrogens is 1. The summed E-state index contributed by atoms with van der Waals surface area (Å²) >= 11 is 4.04. The van der Waals surface area contributed by atoms with Crippen LogP contribution < -0.4 is 60.0 Å². The number of nitrogens with one attached hydrogen (secondary N) is 8. The molecule has 0 radical (unpaired) electrons. The van der Waals surface area contributed by atoms with Gasteiger partial charge in [0.15, 0.2) is 17.1 Å².